The Balaban J connectivity index is 1.76. The molecule has 0 amide bonds. The zero-order valence-corrected chi connectivity index (χ0v) is 14.9. The molecule has 0 saturated heterocycles. The lowest BCUT2D eigenvalue weighted by Gasteiger charge is -2.18. The SMILES string of the molecule is O=S(c1ccccc1)C(n1nnc2ccccc21)n1nnc2ccccc21. The zero-order valence-electron chi connectivity index (χ0n) is 14.1. The molecule has 27 heavy (non-hydrogen) atoms. The molecule has 8 heteroatoms. The summed E-state index contributed by atoms with van der Waals surface area (Å²) in [5.41, 5.74) is 2.32. The fraction of sp³-hybridized carbons (Fsp3) is 0.0526. The molecule has 0 aliphatic rings. The van der Waals surface area contributed by atoms with Crippen LogP contribution < -0.4 is 0 Å². The molecule has 0 saturated carbocycles. The van der Waals surface area contributed by atoms with Crippen LogP contribution in [-0.4, -0.2) is 34.2 Å². The molecule has 0 fully saturated rings. The van der Waals surface area contributed by atoms with Crippen LogP contribution in [0.5, 0.6) is 0 Å². The molecule has 1 unspecified atom stereocenters. The van der Waals surface area contributed by atoms with Crippen LogP contribution in [0.3, 0.4) is 0 Å². The number of para-hydroxylation sites is 2. The van der Waals surface area contributed by atoms with Crippen LogP contribution in [0.4, 0.5) is 0 Å². The van der Waals surface area contributed by atoms with Crippen molar-refractivity contribution in [3.05, 3.63) is 78.9 Å². The molecule has 0 aliphatic carbocycles. The van der Waals surface area contributed by atoms with E-state index in [4.69, 9.17) is 0 Å². The Morgan fingerprint density at radius 3 is 1.70 bits per heavy atom. The highest BCUT2D eigenvalue weighted by molar-refractivity contribution is 7.85. The summed E-state index contributed by atoms with van der Waals surface area (Å²) in [5.74, 6) is 0. The fourth-order valence-electron chi connectivity index (χ4n) is 3.06. The van der Waals surface area contributed by atoms with Gasteiger partial charge >= 0.3 is 0 Å². The van der Waals surface area contributed by atoms with E-state index in [0.29, 0.717) is 4.90 Å². The Bertz CT molecular complexity index is 1190. The number of benzene rings is 3. The van der Waals surface area contributed by atoms with E-state index in [0.717, 1.165) is 22.1 Å². The zero-order chi connectivity index (χ0) is 18.2. The molecule has 0 spiro atoms. The summed E-state index contributed by atoms with van der Waals surface area (Å²) in [6, 6.07) is 24.5. The van der Waals surface area contributed by atoms with Gasteiger partial charge in [-0.2, -0.15) is 0 Å². The van der Waals surface area contributed by atoms with Crippen molar-refractivity contribution in [3.63, 3.8) is 0 Å². The maximum atomic E-state index is 13.6. The number of fused-ring (bicyclic) bond motifs is 2. The Kier molecular flexibility index (Phi) is 3.75. The normalized spacial score (nSPS) is 12.8. The molecular formula is C19H14N6OS. The van der Waals surface area contributed by atoms with E-state index >= 15 is 0 Å². The third kappa shape index (κ3) is 2.61. The van der Waals surface area contributed by atoms with E-state index in [-0.39, 0.29) is 0 Å². The van der Waals surface area contributed by atoms with Gasteiger partial charge in [-0.1, -0.05) is 52.9 Å². The summed E-state index contributed by atoms with van der Waals surface area (Å²) < 4.78 is 16.9. The molecule has 0 aliphatic heterocycles. The average Bonchev–Trinajstić information content (AvgIpc) is 3.34. The largest absolute Gasteiger partial charge is 0.250 e. The molecule has 0 radical (unpaired) electrons. The summed E-state index contributed by atoms with van der Waals surface area (Å²) in [5, 5.41) is 17.0. The van der Waals surface area contributed by atoms with Crippen LogP contribution in [0, 0.1) is 0 Å². The van der Waals surface area contributed by atoms with Crippen molar-refractivity contribution in [1.29, 1.82) is 0 Å². The van der Waals surface area contributed by atoms with Gasteiger partial charge in [-0.25, -0.2) is 9.36 Å². The topological polar surface area (TPSA) is 78.5 Å². The lowest BCUT2D eigenvalue weighted by atomic mass is 10.3. The first-order valence-electron chi connectivity index (χ1n) is 8.38. The van der Waals surface area contributed by atoms with Gasteiger partial charge < -0.3 is 0 Å². The first kappa shape index (κ1) is 15.8. The van der Waals surface area contributed by atoms with Gasteiger partial charge in [0.25, 0.3) is 0 Å². The first-order valence-corrected chi connectivity index (χ1v) is 9.60. The molecule has 2 aromatic heterocycles. The van der Waals surface area contributed by atoms with Crippen molar-refractivity contribution in [3.8, 4) is 0 Å². The van der Waals surface area contributed by atoms with E-state index in [1.54, 1.807) is 9.36 Å². The minimum atomic E-state index is -1.47. The van der Waals surface area contributed by atoms with Gasteiger partial charge in [0.2, 0.25) is 5.50 Å². The highest BCUT2D eigenvalue weighted by atomic mass is 32.2. The first-order chi connectivity index (χ1) is 13.3. The van der Waals surface area contributed by atoms with E-state index in [1.165, 1.54) is 0 Å². The molecule has 132 valence electrons. The smallest absolute Gasteiger partial charge is 0.227 e. The Labute approximate surface area is 156 Å². The van der Waals surface area contributed by atoms with Crippen LogP contribution in [0.15, 0.2) is 83.8 Å². The van der Waals surface area contributed by atoms with Crippen LogP contribution >= 0.6 is 0 Å². The highest BCUT2D eigenvalue weighted by Crippen LogP contribution is 2.27. The molecular weight excluding hydrogens is 360 g/mol. The minimum Gasteiger partial charge on any atom is -0.250 e. The standard InChI is InChI=1S/C19H14N6OS/c26-27(14-8-2-1-3-9-14)19(24-17-12-6-4-10-15(17)20-22-24)25-18-13-7-5-11-16(18)21-23-25/h1-13,19H. The Morgan fingerprint density at radius 2 is 1.15 bits per heavy atom. The molecule has 1 atom stereocenters. The predicted molar refractivity (Wildman–Crippen MR) is 102 cm³/mol. The molecule has 0 N–H and O–H groups in total. The third-order valence-electron chi connectivity index (χ3n) is 4.34. The Hall–Kier alpha value is -3.39. The fourth-order valence-corrected chi connectivity index (χ4v) is 4.40. The summed E-state index contributed by atoms with van der Waals surface area (Å²) >= 11 is 0. The van der Waals surface area contributed by atoms with Crippen LogP contribution in [0.2, 0.25) is 0 Å². The number of rotatable bonds is 4. The molecule has 5 rings (SSSR count). The molecule has 7 nitrogen and oxygen atoms in total. The molecule has 5 aromatic rings. The van der Waals surface area contributed by atoms with Gasteiger partial charge in [0.1, 0.15) is 21.8 Å². The lowest BCUT2D eigenvalue weighted by molar-refractivity contribution is 0.470. The quantitative estimate of drug-likeness (QED) is 0.483. The van der Waals surface area contributed by atoms with E-state index in [9.17, 15) is 4.21 Å². The number of nitrogens with zero attached hydrogens (tertiary/aromatic N) is 6. The average molecular weight is 374 g/mol. The Morgan fingerprint density at radius 1 is 0.667 bits per heavy atom. The highest BCUT2D eigenvalue weighted by Gasteiger charge is 2.28. The van der Waals surface area contributed by atoms with Gasteiger partial charge in [-0.3, -0.25) is 4.21 Å². The van der Waals surface area contributed by atoms with Crippen molar-refractivity contribution < 1.29 is 4.21 Å². The summed E-state index contributed by atoms with van der Waals surface area (Å²) in [6.07, 6.45) is 0. The number of hydrogen-bond donors (Lipinski definition) is 0. The molecule has 3 aromatic carbocycles. The maximum absolute atomic E-state index is 13.6. The van der Waals surface area contributed by atoms with Gasteiger partial charge in [0.05, 0.1) is 11.0 Å². The maximum Gasteiger partial charge on any atom is 0.227 e. The van der Waals surface area contributed by atoms with Gasteiger partial charge in [0.15, 0.2) is 0 Å². The van der Waals surface area contributed by atoms with Crippen molar-refractivity contribution in [2.75, 3.05) is 0 Å². The van der Waals surface area contributed by atoms with Gasteiger partial charge in [-0.15, -0.1) is 10.2 Å². The number of hydrogen-bond acceptors (Lipinski definition) is 5. The van der Waals surface area contributed by atoms with Gasteiger partial charge in [-0.05, 0) is 36.4 Å². The van der Waals surface area contributed by atoms with Crippen molar-refractivity contribution >= 4 is 32.9 Å². The number of aromatic nitrogens is 6. The monoisotopic (exact) mass is 374 g/mol. The van der Waals surface area contributed by atoms with Crippen molar-refractivity contribution in [2.45, 2.75) is 10.4 Å². The second-order valence-corrected chi connectivity index (χ2v) is 7.47. The second kappa shape index (κ2) is 6.40. The van der Waals surface area contributed by atoms with Crippen LogP contribution in [-0.2, 0) is 10.8 Å². The van der Waals surface area contributed by atoms with E-state index < -0.39 is 16.3 Å². The summed E-state index contributed by atoms with van der Waals surface area (Å²) in [6.45, 7) is 0. The summed E-state index contributed by atoms with van der Waals surface area (Å²) in [7, 11) is -1.47. The van der Waals surface area contributed by atoms with Crippen molar-refractivity contribution in [2.24, 2.45) is 0 Å². The third-order valence-corrected chi connectivity index (χ3v) is 5.86. The summed E-state index contributed by atoms with van der Waals surface area (Å²) in [4.78, 5) is 0.682. The molecule has 0 bridgehead atoms. The lowest BCUT2D eigenvalue weighted by Crippen LogP contribution is -2.25. The molecule has 2 heterocycles. The van der Waals surface area contributed by atoms with Gasteiger partial charge in [0, 0.05) is 4.90 Å². The predicted octanol–water partition coefficient (Wildman–Crippen LogP) is 2.99. The van der Waals surface area contributed by atoms with E-state index in [2.05, 4.69) is 20.6 Å². The van der Waals surface area contributed by atoms with Crippen LogP contribution in [0.1, 0.15) is 5.50 Å². The van der Waals surface area contributed by atoms with Crippen LogP contribution in [0.25, 0.3) is 22.1 Å². The minimum absolute atomic E-state index is 0.682. The van der Waals surface area contributed by atoms with E-state index in [1.807, 2.05) is 78.9 Å². The second-order valence-electron chi connectivity index (χ2n) is 5.98. The van der Waals surface area contributed by atoms with Crippen molar-refractivity contribution in [1.82, 2.24) is 30.0 Å².